The van der Waals surface area contributed by atoms with Gasteiger partial charge in [-0.05, 0) is 25.8 Å². The number of carboxylic acid groups (broad SMARTS) is 1. The first-order valence-electron chi connectivity index (χ1n) is 5.25. The Morgan fingerprint density at radius 1 is 1.47 bits per heavy atom. The van der Waals surface area contributed by atoms with Gasteiger partial charge in [-0.3, -0.25) is 4.79 Å². The predicted octanol–water partition coefficient (Wildman–Crippen LogP) is 1.34. The molecule has 0 radical (unpaired) electrons. The second kappa shape index (κ2) is 3.40. The van der Waals surface area contributed by atoms with Gasteiger partial charge in [0.15, 0.2) is 0 Å². The van der Waals surface area contributed by atoms with Crippen molar-refractivity contribution in [3.63, 3.8) is 0 Å². The Labute approximate surface area is 86.8 Å². The molecule has 3 aliphatic carbocycles. The third-order valence-corrected chi connectivity index (χ3v) is 3.87. The first-order valence-corrected chi connectivity index (χ1v) is 5.25. The molecule has 15 heavy (non-hydrogen) atoms. The highest BCUT2D eigenvalue weighted by molar-refractivity contribution is 5.72. The van der Waals surface area contributed by atoms with Crippen molar-refractivity contribution >= 4 is 5.97 Å². The number of hydrogen-bond acceptors (Lipinski definition) is 2. The van der Waals surface area contributed by atoms with E-state index in [1.165, 1.54) is 0 Å². The summed E-state index contributed by atoms with van der Waals surface area (Å²) >= 11 is 0. The molecule has 0 saturated heterocycles. The van der Waals surface area contributed by atoms with Crippen molar-refractivity contribution in [2.45, 2.75) is 31.2 Å². The van der Waals surface area contributed by atoms with Gasteiger partial charge in [0.25, 0.3) is 5.92 Å². The summed E-state index contributed by atoms with van der Waals surface area (Å²) in [6.45, 7) is 0. The van der Waals surface area contributed by atoms with Gasteiger partial charge in [-0.1, -0.05) is 0 Å². The van der Waals surface area contributed by atoms with Gasteiger partial charge in [0.05, 0.1) is 5.92 Å². The van der Waals surface area contributed by atoms with E-state index in [0.29, 0.717) is 6.42 Å². The Bertz CT molecular complexity index is 283. The van der Waals surface area contributed by atoms with Crippen molar-refractivity contribution in [1.29, 1.82) is 0 Å². The van der Waals surface area contributed by atoms with Crippen LogP contribution < -0.4 is 5.32 Å². The van der Waals surface area contributed by atoms with E-state index in [9.17, 15) is 13.6 Å². The first kappa shape index (κ1) is 10.8. The molecule has 3 saturated carbocycles. The van der Waals surface area contributed by atoms with E-state index in [4.69, 9.17) is 5.11 Å². The van der Waals surface area contributed by atoms with Gasteiger partial charge in [-0.15, -0.1) is 0 Å². The normalized spacial score (nSPS) is 42.9. The maximum absolute atomic E-state index is 13.5. The van der Waals surface area contributed by atoms with Gasteiger partial charge in [0.2, 0.25) is 0 Å². The van der Waals surface area contributed by atoms with Crippen LogP contribution in [0.1, 0.15) is 19.3 Å². The second-order valence-electron chi connectivity index (χ2n) is 4.59. The van der Waals surface area contributed by atoms with E-state index in [-0.39, 0.29) is 18.4 Å². The second-order valence-corrected chi connectivity index (χ2v) is 4.59. The van der Waals surface area contributed by atoms with Gasteiger partial charge in [0, 0.05) is 18.4 Å². The molecule has 0 aromatic heterocycles. The monoisotopic (exact) mass is 219 g/mol. The van der Waals surface area contributed by atoms with Crippen LogP contribution in [-0.2, 0) is 4.79 Å². The van der Waals surface area contributed by atoms with Crippen LogP contribution in [0.2, 0.25) is 0 Å². The molecule has 5 heteroatoms. The van der Waals surface area contributed by atoms with Gasteiger partial charge in [-0.2, -0.15) is 0 Å². The summed E-state index contributed by atoms with van der Waals surface area (Å²) in [5.41, 5.74) is 0. The summed E-state index contributed by atoms with van der Waals surface area (Å²) in [5, 5.41) is 11.9. The molecule has 2 bridgehead atoms. The molecule has 86 valence electrons. The minimum Gasteiger partial charge on any atom is -0.481 e. The van der Waals surface area contributed by atoms with Crippen LogP contribution in [0.5, 0.6) is 0 Å². The minimum atomic E-state index is -2.79. The molecule has 4 atom stereocenters. The minimum absolute atomic E-state index is 0.160. The summed E-state index contributed by atoms with van der Waals surface area (Å²) in [4.78, 5) is 11.0. The number of halogens is 2. The van der Waals surface area contributed by atoms with Crippen molar-refractivity contribution in [2.75, 3.05) is 7.05 Å². The van der Waals surface area contributed by atoms with Gasteiger partial charge in [-0.25, -0.2) is 8.78 Å². The number of hydrogen-bond donors (Lipinski definition) is 2. The third-order valence-electron chi connectivity index (χ3n) is 3.87. The first-order chi connectivity index (χ1) is 6.97. The van der Waals surface area contributed by atoms with Gasteiger partial charge in [0.1, 0.15) is 0 Å². The van der Waals surface area contributed by atoms with E-state index in [1.54, 1.807) is 7.05 Å². The topological polar surface area (TPSA) is 49.3 Å². The van der Waals surface area contributed by atoms with E-state index < -0.39 is 23.7 Å². The molecule has 2 N–H and O–H groups in total. The van der Waals surface area contributed by atoms with Crippen LogP contribution in [0.4, 0.5) is 8.78 Å². The average Bonchev–Trinajstić information content (AvgIpc) is 2.15. The fourth-order valence-electron chi connectivity index (χ4n) is 3.24. The van der Waals surface area contributed by atoms with Crippen molar-refractivity contribution < 1.29 is 18.7 Å². The summed E-state index contributed by atoms with van der Waals surface area (Å²) in [6.07, 6.45) is 0.898. The molecule has 3 fully saturated rings. The average molecular weight is 219 g/mol. The lowest BCUT2D eigenvalue weighted by Gasteiger charge is -2.50. The molecule has 4 unspecified atom stereocenters. The summed E-state index contributed by atoms with van der Waals surface area (Å²) in [5.74, 6) is -6.01. The van der Waals surface area contributed by atoms with E-state index >= 15 is 0 Å². The van der Waals surface area contributed by atoms with Gasteiger partial charge < -0.3 is 10.4 Å². The standard InChI is InChI=1S/C10H15F2NO2/c1-13-8-5-2-3-6(7(8)9(14)15)10(11,12)4-5/h5-8,13H,2-4H2,1H3,(H,14,15). The van der Waals surface area contributed by atoms with Crippen LogP contribution >= 0.6 is 0 Å². The van der Waals surface area contributed by atoms with Crippen molar-refractivity contribution in [2.24, 2.45) is 17.8 Å². The molecule has 3 aliphatic rings. The number of rotatable bonds is 2. The maximum Gasteiger partial charge on any atom is 0.308 e. The zero-order valence-corrected chi connectivity index (χ0v) is 8.54. The summed E-state index contributed by atoms with van der Waals surface area (Å²) in [6, 6.07) is -0.291. The number of alkyl halides is 2. The van der Waals surface area contributed by atoms with E-state index in [0.717, 1.165) is 6.42 Å². The zero-order valence-electron chi connectivity index (χ0n) is 8.54. The number of carbonyl (C=O) groups is 1. The van der Waals surface area contributed by atoms with Crippen LogP contribution in [-0.4, -0.2) is 30.1 Å². The number of fused-ring (bicyclic) bond motifs is 3. The summed E-state index contributed by atoms with van der Waals surface area (Å²) < 4.78 is 27.1. The lowest BCUT2D eigenvalue weighted by Crippen LogP contribution is -2.60. The van der Waals surface area contributed by atoms with E-state index in [1.807, 2.05) is 0 Å². The van der Waals surface area contributed by atoms with Crippen LogP contribution in [0.25, 0.3) is 0 Å². The summed E-state index contributed by atoms with van der Waals surface area (Å²) in [7, 11) is 1.65. The molecule has 0 aromatic rings. The van der Waals surface area contributed by atoms with Crippen LogP contribution in [0.3, 0.4) is 0 Å². The lowest BCUT2D eigenvalue weighted by atomic mass is 9.60. The Kier molecular flexibility index (Phi) is 2.45. The van der Waals surface area contributed by atoms with Crippen LogP contribution in [0, 0.1) is 17.8 Å². The smallest absolute Gasteiger partial charge is 0.308 e. The zero-order chi connectivity index (χ0) is 11.2. The largest absolute Gasteiger partial charge is 0.481 e. The fraction of sp³-hybridized carbons (Fsp3) is 0.900. The molecule has 0 aromatic carbocycles. The number of carboxylic acids is 1. The Balaban J connectivity index is 2.30. The Morgan fingerprint density at radius 3 is 2.60 bits per heavy atom. The van der Waals surface area contributed by atoms with Crippen molar-refractivity contribution in [3.05, 3.63) is 0 Å². The molecular formula is C10H15F2NO2. The molecule has 0 spiro atoms. The van der Waals surface area contributed by atoms with Crippen molar-refractivity contribution in [1.82, 2.24) is 5.32 Å². The molecule has 0 amide bonds. The molecule has 3 rings (SSSR count). The fourth-order valence-corrected chi connectivity index (χ4v) is 3.24. The Hall–Kier alpha value is -0.710. The third kappa shape index (κ3) is 1.53. The lowest BCUT2D eigenvalue weighted by molar-refractivity contribution is -0.186. The number of nitrogens with one attached hydrogen (secondary N) is 1. The quantitative estimate of drug-likeness (QED) is 0.736. The Morgan fingerprint density at radius 2 is 2.13 bits per heavy atom. The van der Waals surface area contributed by atoms with E-state index in [2.05, 4.69) is 5.32 Å². The molecule has 3 nitrogen and oxygen atoms in total. The highest BCUT2D eigenvalue weighted by Crippen LogP contribution is 2.53. The SMILES string of the molecule is CNC1C2CCC(C1C(=O)O)C(F)(F)C2. The molecular weight excluding hydrogens is 204 g/mol. The molecule has 0 heterocycles. The molecule has 0 aliphatic heterocycles. The highest BCUT2D eigenvalue weighted by atomic mass is 19.3. The van der Waals surface area contributed by atoms with Gasteiger partial charge >= 0.3 is 5.97 Å². The maximum atomic E-state index is 13.5. The van der Waals surface area contributed by atoms with Crippen molar-refractivity contribution in [3.8, 4) is 0 Å². The highest BCUT2D eigenvalue weighted by Gasteiger charge is 2.59. The number of aliphatic carboxylic acids is 1. The van der Waals surface area contributed by atoms with Crippen LogP contribution in [0.15, 0.2) is 0 Å². The predicted molar refractivity (Wildman–Crippen MR) is 49.8 cm³/mol.